The molecule has 4 heteroatoms. The SMILES string of the molecule is CNCc1cccc(Cl)c1N(C)CCCN(C)C. The van der Waals surface area contributed by atoms with Crippen LogP contribution in [0.5, 0.6) is 0 Å². The lowest BCUT2D eigenvalue weighted by Crippen LogP contribution is -2.25. The first-order valence-electron chi connectivity index (χ1n) is 6.34. The number of nitrogens with zero attached hydrogens (tertiary/aromatic N) is 2. The highest BCUT2D eigenvalue weighted by molar-refractivity contribution is 6.33. The van der Waals surface area contributed by atoms with Gasteiger partial charge >= 0.3 is 0 Å². The summed E-state index contributed by atoms with van der Waals surface area (Å²) in [4.78, 5) is 4.45. The summed E-state index contributed by atoms with van der Waals surface area (Å²) in [5.74, 6) is 0. The summed E-state index contributed by atoms with van der Waals surface area (Å²) in [6.07, 6.45) is 1.13. The van der Waals surface area contributed by atoms with Gasteiger partial charge in [-0.15, -0.1) is 0 Å². The van der Waals surface area contributed by atoms with E-state index in [2.05, 4.69) is 42.3 Å². The van der Waals surface area contributed by atoms with E-state index < -0.39 is 0 Å². The Hall–Kier alpha value is -0.770. The van der Waals surface area contributed by atoms with Gasteiger partial charge in [0, 0.05) is 20.1 Å². The van der Waals surface area contributed by atoms with E-state index in [9.17, 15) is 0 Å². The van der Waals surface area contributed by atoms with Gasteiger partial charge in [0.2, 0.25) is 0 Å². The second-order valence-electron chi connectivity index (χ2n) is 4.86. The van der Waals surface area contributed by atoms with E-state index in [0.29, 0.717) is 0 Å². The summed E-state index contributed by atoms with van der Waals surface area (Å²) in [7, 11) is 8.26. The topological polar surface area (TPSA) is 18.5 Å². The molecule has 0 atom stereocenters. The van der Waals surface area contributed by atoms with Crippen LogP contribution in [-0.4, -0.2) is 46.2 Å². The van der Waals surface area contributed by atoms with E-state index in [1.165, 1.54) is 5.56 Å². The molecule has 0 saturated heterocycles. The fourth-order valence-electron chi connectivity index (χ4n) is 2.06. The molecule has 0 aliphatic heterocycles. The first-order valence-corrected chi connectivity index (χ1v) is 6.72. The van der Waals surface area contributed by atoms with Crippen molar-refractivity contribution in [3.05, 3.63) is 28.8 Å². The highest BCUT2D eigenvalue weighted by Crippen LogP contribution is 2.29. The van der Waals surface area contributed by atoms with Crippen molar-refractivity contribution in [2.24, 2.45) is 0 Å². The number of hydrogen-bond donors (Lipinski definition) is 1. The molecule has 0 amide bonds. The molecule has 0 heterocycles. The summed E-state index contributed by atoms with van der Waals surface area (Å²) in [6, 6.07) is 6.09. The molecule has 0 aliphatic rings. The third kappa shape index (κ3) is 4.48. The zero-order valence-electron chi connectivity index (χ0n) is 11.8. The lowest BCUT2D eigenvalue weighted by molar-refractivity contribution is 0.401. The van der Waals surface area contributed by atoms with Gasteiger partial charge in [-0.05, 0) is 45.7 Å². The lowest BCUT2D eigenvalue weighted by Gasteiger charge is -2.24. The Balaban J connectivity index is 2.73. The Labute approximate surface area is 116 Å². The van der Waals surface area contributed by atoms with E-state index in [4.69, 9.17) is 11.6 Å². The first-order chi connectivity index (χ1) is 8.56. The predicted octanol–water partition coefficient (Wildman–Crippen LogP) is 2.45. The van der Waals surface area contributed by atoms with Crippen LogP contribution >= 0.6 is 11.6 Å². The predicted molar refractivity (Wildman–Crippen MR) is 80.7 cm³/mol. The van der Waals surface area contributed by atoms with Gasteiger partial charge in [0.05, 0.1) is 10.7 Å². The summed E-state index contributed by atoms with van der Waals surface area (Å²) in [5, 5.41) is 4.02. The van der Waals surface area contributed by atoms with Crippen molar-refractivity contribution < 1.29 is 0 Å². The van der Waals surface area contributed by atoms with Crippen LogP contribution in [0.1, 0.15) is 12.0 Å². The third-order valence-electron chi connectivity index (χ3n) is 2.92. The summed E-state index contributed by atoms with van der Waals surface area (Å²) in [6.45, 7) is 2.95. The van der Waals surface area contributed by atoms with Crippen LogP contribution in [-0.2, 0) is 6.54 Å². The number of hydrogen-bond acceptors (Lipinski definition) is 3. The Morgan fingerprint density at radius 3 is 2.50 bits per heavy atom. The van der Waals surface area contributed by atoms with Crippen LogP contribution in [0.25, 0.3) is 0 Å². The van der Waals surface area contributed by atoms with E-state index in [1.807, 2.05) is 19.2 Å². The van der Waals surface area contributed by atoms with Gasteiger partial charge in [-0.1, -0.05) is 23.7 Å². The molecule has 3 nitrogen and oxygen atoms in total. The Bertz CT molecular complexity index is 366. The maximum Gasteiger partial charge on any atom is 0.0642 e. The van der Waals surface area contributed by atoms with E-state index in [1.54, 1.807) is 0 Å². The molecule has 18 heavy (non-hydrogen) atoms. The molecule has 0 fully saturated rings. The highest BCUT2D eigenvalue weighted by Gasteiger charge is 2.10. The quantitative estimate of drug-likeness (QED) is 0.820. The average molecular weight is 270 g/mol. The molecule has 102 valence electrons. The van der Waals surface area contributed by atoms with Crippen LogP contribution in [0.3, 0.4) is 0 Å². The smallest absolute Gasteiger partial charge is 0.0642 e. The minimum absolute atomic E-state index is 0.829. The highest BCUT2D eigenvalue weighted by atomic mass is 35.5. The van der Waals surface area contributed by atoms with Gasteiger partial charge in [0.1, 0.15) is 0 Å². The number of benzene rings is 1. The molecule has 0 unspecified atom stereocenters. The van der Waals surface area contributed by atoms with Crippen LogP contribution in [0.2, 0.25) is 5.02 Å². The van der Waals surface area contributed by atoms with Crippen LogP contribution in [0.15, 0.2) is 18.2 Å². The van der Waals surface area contributed by atoms with Crippen molar-refractivity contribution in [1.82, 2.24) is 10.2 Å². The number of nitrogens with one attached hydrogen (secondary N) is 1. The van der Waals surface area contributed by atoms with Gasteiger partial charge in [0.25, 0.3) is 0 Å². The van der Waals surface area contributed by atoms with Crippen LogP contribution in [0.4, 0.5) is 5.69 Å². The molecule has 0 radical (unpaired) electrons. The summed E-state index contributed by atoms with van der Waals surface area (Å²) in [5.41, 5.74) is 2.39. The zero-order chi connectivity index (χ0) is 13.5. The number of halogens is 1. The number of rotatable bonds is 7. The van der Waals surface area contributed by atoms with Gasteiger partial charge in [0.15, 0.2) is 0 Å². The maximum absolute atomic E-state index is 6.32. The minimum atomic E-state index is 0.829. The van der Waals surface area contributed by atoms with Gasteiger partial charge in [-0.2, -0.15) is 0 Å². The van der Waals surface area contributed by atoms with Crippen molar-refractivity contribution >= 4 is 17.3 Å². The minimum Gasteiger partial charge on any atom is -0.373 e. The zero-order valence-corrected chi connectivity index (χ0v) is 12.6. The van der Waals surface area contributed by atoms with Gasteiger partial charge in [-0.25, -0.2) is 0 Å². The largest absolute Gasteiger partial charge is 0.373 e. The fraction of sp³-hybridized carbons (Fsp3) is 0.571. The average Bonchev–Trinajstić information content (AvgIpc) is 2.28. The molecule has 0 aromatic heterocycles. The third-order valence-corrected chi connectivity index (χ3v) is 3.22. The molecule has 0 saturated carbocycles. The molecule has 1 rings (SSSR count). The summed E-state index contributed by atoms with van der Waals surface area (Å²) < 4.78 is 0. The normalized spacial score (nSPS) is 11.0. The van der Waals surface area contributed by atoms with Crippen molar-refractivity contribution in [3.8, 4) is 0 Å². The Morgan fingerprint density at radius 1 is 1.17 bits per heavy atom. The van der Waals surface area contributed by atoms with Crippen molar-refractivity contribution in [3.63, 3.8) is 0 Å². The van der Waals surface area contributed by atoms with Crippen LogP contribution < -0.4 is 10.2 Å². The Kier molecular flexibility index (Phi) is 6.47. The summed E-state index contributed by atoms with van der Waals surface area (Å²) >= 11 is 6.32. The van der Waals surface area contributed by atoms with Crippen molar-refractivity contribution in [2.45, 2.75) is 13.0 Å². The maximum atomic E-state index is 6.32. The monoisotopic (exact) mass is 269 g/mol. The molecule has 0 bridgehead atoms. The Morgan fingerprint density at radius 2 is 1.89 bits per heavy atom. The molecule has 1 aromatic carbocycles. The second-order valence-corrected chi connectivity index (χ2v) is 5.26. The molecule has 1 N–H and O–H groups in total. The fourth-order valence-corrected chi connectivity index (χ4v) is 2.39. The molecule has 1 aromatic rings. The van der Waals surface area contributed by atoms with Gasteiger partial charge in [-0.3, -0.25) is 0 Å². The number of para-hydroxylation sites is 1. The van der Waals surface area contributed by atoms with Crippen molar-refractivity contribution in [1.29, 1.82) is 0 Å². The number of anilines is 1. The van der Waals surface area contributed by atoms with Crippen molar-refractivity contribution in [2.75, 3.05) is 46.2 Å². The van der Waals surface area contributed by atoms with Gasteiger partial charge < -0.3 is 15.1 Å². The standard InChI is InChI=1S/C14H24ClN3/c1-16-11-12-7-5-8-13(15)14(12)18(4)10-6-9-17(2)3/h5,7-8,16H,6,9-11H2,1-4H3. The van der Waals surface area contributed by atoms with Crippen LogP contribution in [0, 0.1) is 0 Å². The molecule has 0 aliphatic carbocycles. The molecular formula is C14H24ClN3. The lowest BCUT2D eigenvalue weighted by atomic mass is 10.1. The molecular weight excluding hydrogens is 246 g/mol. The van der Waals surface area contributed by atoms with E-state index in [-0.39, 0.29) is 0 Å². The van der Waals surface area contributed by atoms with E-state index in [0.717, 1.165) is 36.8 Å². The first kappa shape index (κ1) is 15.3. The van der Waals surface area contributed by atoms with E-state index >= 15 is 0 Å². The molecule has 0 spiro atoms. The second kappa shape index (κ2) is 7.62.